The lowest BCUT2D eigenvalue weighted by Crippen LogP contribution is -2.35. The Balaban J connectivity index is 1.89. The molecule has 1 amide bonds. The molecule has 24 heavy (non-hydrogen) atoms. The number of amides is 1. The van der Waals surface area contributed by atoms with E-state index in [9.17, 15) is 9.59 Å². The molecule has 130 valence electrons. The maximum atomic E-state index is 12.7. The van der Waals surface area contributed by atoms with Crippen molar-refractivity contribution in [2.45, 2.75) is 46.1 Å². The monoisotopic (exact) mass is 332 g/mol. The van der Waals surface area contributed by atoms with Crippen molar-refractivity contribution in [3.8, 4) is 0 Å². The van der Waals surface area contributed by atoms with Gasteiger partial charge in [-0.05, 0) is 26.7 Å². The first-order valence-corrected chi connectivity index (χ1v) is 8.64. The van der Waals surface area contributed by atoms with E-state index >= 15 is 0 Å². The molecular weight excluding hydrogens is 308 g/mol. The maximum absolute atomic E-state index is 12.7. The fraction of sp³-hybridized carbons (Fsp3) is 0.556. The van der Waals surface area contributed by atoms with Gasteiger partial charge in [0.1, 0.15) is 18.0 Å². The molecule has 0 aromatic carbocycles. The molecule has 6 nitrogen and oxygen atoms in total. The Morgan fingerprint density at radius 2 is 1.88 bits per heavy atom. The van der Waals surface area contributed by atoms with Crippen LogP contribution in [0.5, 0.6) is 0 Å². The number of hydrogen-bond acceptors (Lipinski definition) is 4. The molecule has 0 aliphatic carbocycles. The third-order valence-electron chi connectivity index (χ3n) is 4.45. The Morgan fingerprint density at radius 1 is 1.17 bits per heavy atom. The Kier molecular flexibility index (Phi) is 4.92. The summed E-state index contributed by atoms with van der Waals surface area (Å²) in [6.45, 7) is 5.64. The van der Waals surface area contributed by atoms with Crippen LogP contribution in [0.3, 0.4) is 0 Å². The molecule has 2 aromatic heterocycles. The molecule has 1 aliphatic rings. The van der Waals surface area contributed by atoms with Gasteiger partial charge >= 0.3 is 5.97 Å². The average Bonchev–Trinajstić information content (AvgIpc) is 2.92. The van der Waals surface area contributed by atoms with E-state index in [0.29, 0.717) is 17.9 Å². The van der Waals surface area contributed by atoms with Crippen molar-refractivity contribution in [2.24, 2.45) is 0 Å². The molecular formula is C18H24N2O4. The summed E-state index contributed by atoms with van der Waals surface area (Å²) in [5, 5.41) is 0. The number of fused-ring (bicyclic) bond motifs is 1. The van der Waals surface area contributed by atoms with Crippen LogP contribution in [-0.2, 0) is 16.1 Å². The van der Waals surface area contributed by atoms with Gasteiger partial charge in [-0.2, -0.15) is 0 Å². The second-order valence-electron chi connectivity index (χ2n) is 6.24. The number of carbonyl (C=O) groups is 2. The van der Waals surface area contributed by atoms with Gasteiger partial charge in [0, 0.05) is 25.2 Å². The van der Waals surface area contributed by atoms with Crippen molar-refractivity contribution < 1.29 is 18.7 Å². The van der Waals surface area contributed by atoms with E-state index in [1.165, 1.54) is 12.8 Å². The van der Waals surface area contributed by atoms with E-state index < -0.39 is 5.97 Å². The zero-order valence-electron chi connectivity index (χ0n) is 14.3. The fourth-order valence-corrected chi connectivity index (χ4v) is 3.26. The number of aromatic nitrogens is 1. The lowest BCUT2D eigenvalue weighted by molar-refractivity contribution is -0.131. The molecule has 2 aromatic rings. The second kappa shape index (κ2) is 7.11. The summed E-state index contributed by atoms with van der Waals surface area (Å²) in [5.41, 5.74) is 1.74. The van der Waals surface area contributed by atoms with Crippen molar-refractivity contribution in [1.82, 2.24) is 9.47 Å². The van der Waals surface area contributed by atoms with Gasteiger partial charge in [0.15, 0.2) is 5.58 Å². The van der Waals surface area contributed by atoms with E-state index in [1.807, 2.05) is 17.9 Å². The van der Waals surface area contributed by atoms with E-state index in [4.69, 9.17) is 9.15 Å². The van der Waals surface area contributed by atoms with Crippen molar-refractivity contribution in [2.75, 3.05) is 19.7 Å². The van der Waals surface area contributed by atoms with E-state index in [2.05, 4.69) is 0 Å². The van der Waals surface area contributed by atoms with Gasteiger partial charge in [-0.25, -0.2) is 4.79 Å². The Morgan fingerprint density at radius 3 is 2.54 bits per heavy atom. The van der Waals surface area contributed by atoms with Crippen LogP contribution < -0.4 is 0 Å². The molecule has 0 N–H and O–H groups in total. The van der Waals surface area contributed by atoms with Crippen LogP contribution in [0, 0.1) is 6.92 Å². The number of rotatable bonds is 4. The number of hydrogen-bond donors (Lipinski definition) is 0. The molecule has 0 bridgehead atoms. The van der Waals surface area contributed by atoms with Gasteiger partial charge in [0.2, 0.25) is 5.91 Å². The van der Waals surface area contributed by atoms with Crippen LogP contribution in [0.1, 0.15) is 48.9 Å². The van der Waals surface area contributed by atoms with E-state index in [-0.39, 0.29) is 12.5 Å². The number of nitrogens with zero attached hydrogens (tertiary/aromatic N) is 2. The lowest BCUT2D eigenvalue weighted by atomic mass is 10.2. The third-order valence-corrected chi connectivity index (χ3v) is 4.45. The summed E-state index contributed by atoms with van der Waals surface area (Å²) in [6.07, 6.45) is 4.43. The number of aryl methyl sites for hydroxylation is 1. The fourth-order valence-electron chi connectivity index (χ4n) is 3.26. The van der Waals surface area contributed by atoms with Gasteiger partial charge < -0.3 is 18.6 Å². The van der Waals surface area contributed by atoms with Crippen molar-refractivity contribution >= 4 is 23.0 Å². The minimum Gasteiger partial charge on any atom is -0.461 e. The molecule has 0 unspecified atom stereocenters. The molecule has 0 atom stereocenters. The summed E-state index contributed by atoms with van der Waals surface area (Å²) in [6, 6.07) is 3.52. The molecule has 0 saturated carbocycles. The molecule has 3 rings (SSSR count). The van der Waals surface area contributed by atoms with Crippen LogP contribution in [0.2, 0.25) is 0 Å². The average molecular weight is 332 g/mol. The molecule has 0 spiro atoms. The first kappa shape index (κ1) is 16.6. The number of carbonyl (C=O) groups excluding carboxylic acids is 2. The standard InChI is InChI=1S/C18H24N2O4/c1-3-23-18(22)15-11-16-14(10-13(2)24-16)20(15)12-17(21)19-8-6-4-5-7-9-19/h10-11H,3-9,12H2,1-2H3. The van der Waals surface area contributed by atoms with Gasteiger partial charge in [0.05, 0.1) is 12.1 Å². The predicted molar refractivity (Wildman–Crippen MR) is 89.9 cm³/mol. The topological polar surface area (TPSA) is 64.7 Å². The quantitative estimate of drug-likeness (QED) is 0.807. The van der Waals surface area contributed by atoms with Crippen molar-refractivity contribution in [3.63, 3.8) is 0 Å². The summed E-state index contributed by atoms with van der Waals surface area (Å²) in [7, 11) is 0. The molecule has 6 heteroatoms. The van der Waals surface area contributed by atoms with Crippen molar-refractivity contribution in [3.05, 3.63) is 23.6 Å². The molecule has 1 saturated heterocycles. The van der Waals surface area contributed by atoms with Crippen LogP contribution in [-0.4, -0.2) is 41.0 Å². The highest BCUT2D eigenvalue weighted by Crippen LogP contribution is 2.25. The lowest BCUT2D eigenvalue weighted by Gasteiger charge is -2.21. The zero-order chi connectivity index (χ0) is 17.1. The Labute approximate surface area is 141 Å². The minimum absolute atomic E-state index is 0.0406. The number of esters is 1. The Hall–Kier alpha value is -2.24. The number of furan rings is 1. The van der Waals surface area contributed by atoms with Crippen LogP contribution in [0.15, 0.2) is 16.5 Å². The minimum atomic E-state index is -0.426. The van der Waals surface area contributed by atoms with Gasteiger partial charge in [0.25, 0.3) is 0 Å². The summed E-state index contributed by atoms with van der Waals surface area (Å²) in [4.78, 5) is 26.8. The van der Waals surface area contributed by atoms with Crippen molar-refractivity contribution in [1.29, 1.82) is 0 Å². The highest BCUT2D eigenvalue weighted by atomic mass is 16.5. The van der Waals surface area contributed by atoms with Crippen LogP contribution >= 0.6 is 0 Å². The van der Waals surface area contributed by atoms with Gasteiger partial charge in [-0.3, -0.25) is 4.79 Å². The molecule has 1 aliphatic heterocycles. The second-order valence-corrected chi connectivity index (χ2v) is 6.24. The molecule has 3 heterocycles. The molecule has 1 fully saturated rings. The number of likely N-dealkylation sites (tertiary alicyclic amines) is 1. The van der Waals surface area contributed by atoms with E-state index in [1.54, 1.807) is 17.6 Å². The molecule has 0 radical (unpaired) electrons. The summed E-state index contributed by atoms with van der Waals surface area (Å²) in [5.74, 6) is 0.371. The van der Waals surface area contributed by atoms with E-state index in [0.717, 1.165) is 37.2 Å². The highest BCUT2D eigenvalue weighted by Gasteiger charge is 2.23. The first-order chi connectivity index (χ1) is 11.6. The smallest absolute Gasteiger partial charge is 0.355 e. The highest BCUT2D eigenvalue weighted by molar-refractivity contribution is 5.95. The maximum Gasteiger partial charge on any atom is 0.355 e. The van der Waals surface area contributed by atoms with Crippen LogP contribution in [0.25, 0.3) is 11.1 Å². The summed E-state index contributed by atoms with van der Waals surface area (Å²) >= 11 is 0. The summed E-state index contributed by atoms with van der Waals surface area (Å²) < 4.78 is 12.4. The largest absolute Gasteiger partial charge is 0.461 e. The van der Waals surface area contributed by atoms with Gasteiger partial charge in [-0.1, -0.05) is 12.8 Å². The Bertz CT molecular complexity index is 736. The number of ether oxygens (including phenoxy) is 1. The van der Waals surface area contributed by atoms with Gasteiger partial charge in [-0.15, -0.1) is 0 Å². The first-order valence-electron chi connectivity index (χ1n) is 8.64. The van der Waals surface area contributed by atoms with Crippen LogP contribution in [0.4, 0.5) is 0 Å². The SMILES string of the molecule is CCOC(=O)c1cc2oc(C)cc2n1CC(=O)N1CCCCCC1. The zero-order valence-corrected chi connectivity index (χ0v) is 14.3. The predicted octanol–water partition coefficient (Wildman–Crippen LogP) is 3.12. The third kappa shape index (κ3) is 3.32. The normalized spacial score (nSPS) is 15.5.